The van der Waals surface area contributed by atoms with Crippen LogP contribution in [0.25, 0.3) is 0 Å². The van der Waals surface area contributed by atoms with Gasteiger partial charge in [-0.25, -0.2) is 0 Å². The molecule has 1 aromatic carbocycles. The molecule has 2 amide bonds. The van der Waals surface area contributed by atoms with E-state index in [1.165, 1.54) is 6.42 Å². The average Bonchev–Trinajstić information content (AvgIpc) is 2.65. The zero-order valence-corrected chi connectivity index (χ0v) is 16.2. The van der Waals surface area contributed by atoms with Crippen LogP contribution in [-0.4, -0.2) is 41.4 Å². The van der Waals surface area contributed by atoms with Crippen molar-refractivity contribution in [3.05, 3.63) is 29.8 Å². The smallest absolute Gasteiger partial charge is 0.222 e. The highest BCUT2D eigenvalue weighted by atomic mass is 16.5. The van der Waals surface area contributed by atoms with Crippen molar-refractivity contribution < 1.29 is 14.3 Å². The summed E-state index contributed by atoms with van der Waals surface area (Å²) >= 11 is 0. The molecule has 4 rings (SSSR count). The van der Waals surface area contributed by atoms with Crippen LogP contribution in [0, 0.1) is 0 Å². The Morgan fingerprint density at radius 2 is 1.96 bits per heavy atom. The molecule has 0 radical (unpaired) electrons. The van der Waals surface area contributed by atoms with Crippen molar-refractivity contribution in [2.24, 2.45) is 0 Å². The van der Waals surface area contributed by atoms with Gasteiger partial charge in [0.25, 0.3) is 0 Å². The lowest BCUT2D eigenvalue weighted by Crippen LogP contribution is -2.52. The fourth-order valence-electron chi connectivity index (χ4n) is 4.68. The van der Waals surface area contributed by atoms with E-state index in [-0.39, 0.29) is 23.3 Å². The summed E-state index contributed by atoms with van der Waals surface area (Å²) in [5.41, 5.74) is 0.902. The number of benzene rings is 1. The third-order valence-corrected chi connectivity index (χ3v) is 6.54. The van der Waals surface area contributed by atoms with E-state index in [1.54, 1.807) is 0 Å². The predicted octanol–water partition coefficient (Wildman–Crippen LogP) is 3.38. The van der Waals surface area contributed by atoms with Gasteiger partial charge in [0.05, 0.1) is 0 Å². The lowest BCUT2D eigenvalue weighted by atomic mass is 9.76. The highest BCUT2D eigenvalue weighted by Gasteiger charge is 2.44. The van der Waals surface area contributed by atoms with Gasteiger partial charge in [0.1, 0.15) is 11.4 Å². The first-order valence-electron chi connectivity index (χ1n) is 10.4. The van der Waals surface area contributed by atoms with Gasteiger partial charge in [-0.3, -0.25) is 9.59 Å². The number of fused-ring (bicyclic) bond motifs is 1. The van der Waals surface area contributed by atoms with Crippen LogP contribution in [0.15, 0.2) is 24.3 Å². The van der Waals surface area contributed by atoms with Gasteiger partial charge in [-0.2, -0.15) is 0 Å². The summed E-state index contributed by atoms with van der Waals surface area (Å²) in [6.07, 6.45) is 7.07. The molecule has 3 aliphatic rings. The van der Waals surface area contributed by atoms with Gasteiger partial charge in [0.15, 0.2) is 0 Å². The Morgan fingerprint density at radius 3 is 2.63 bits per heavy atom. The molecule has 2 fully saturated rings. The van der Waals surface area contributed by atoms with Crippen LogP contribution in [0.5, 0.6) is 5.75 Å². The van der Waals surface area contributed by atoms with E-state index >= 15 is 0 Å². The fraction of sp³-hybridized carbons (Fsp3) is 0.636. The minimum atomic E-state index is -0.250. The third kappa shape index (κ3) is 3.83. The van der Waals surface area contributed by atoms with E-state index in [2.05, 4.69) is 11.4 Å². The van der Waals surface area contributed by atoms with E-state index in [0.29, 0.717) is 18.9 Å². The van der Waals surface area contributed by atoms with Crippen molar-refractivity contribution in [2.75, 3.05) is 13.1 Å². The van der Waals surface area contributed by atoms with Gasteiger partial charge >= 0.3 is 0 Å². The second-order valence-corrected chi connectivity index (χ2v) is 8.36. The lowest BCUT2D eigenvalue weighted by Gasteiger charge is -2.47. The number of carbonyl (C=O) groups is 2. The van der Waals surface area contributed by atoms with Crippen LogP contribution < -0.4 is 10.1 Å². The van der Waals surface area contributed by atoms with Crippen LogP contribution in [0.4, 0.5) is 0 Å². The van der Waals surface area contributed by atoms with E-state index in [4.69, 9.17) is 4.74 Å². The van der Waals surface area contributed by atoms with Gasteiger partial charge in [-0.15, -0.1) is 0 Å². The van der Waals surface area contributed by atoms with E-state index in [1.807, 2.05) is 30.0 Å². The van der Waals surface area contributed by atoms with Gasteiger partial charge < -0.3 is 15.0 Å². The molecule has 0 unspecified atom stereocenters. The molecule has 1 spiro atoms. The number of amides is 2. The van der Waals surface area contributed by atoms with Crippen molar-refractivity contribution >= 4 is 11.8 Å². The fourth-order valence-corrected chi connectivity index (χ4v) is 4.68. The monoisotopic (exact) mass is 370 g/mol. The first-order valence-corrected chi connectivity index (χ1v) is 10.4. The molecule has 27 heavy (non-hydrogen) atoms. The van der Waals surface area contributed by atoms with Crippen LogP contribution in [0.1, 0.15) is 69.8 Å². The van der Waals surface area contributed by atoms with Crippen LogP contribution in [-0.2, 0) is 9.59 Å². The predicted molar refractivity (Wildman–Crippen MR) is 104 cm³/mol. The Bertz CT molecular complexity index is 705. The van der Waals surface area contributed by atoms with E-state index < -0.39 is 0 Å². The SMILES string of the molecule is CCC(=O)N1CCC2(CC1)C[C@@H](CC(=O)NC1CCC1)c1ccccc1O2. The Labute approximate surface area is 161 Å². The van der Waals surface area contributed by atoms with Crippen LogP contribution >= 0.6 is 0 Å². The third-order valence-electron chi connectivity index (χ3n) is 6.54. The molecule has 5 heteroatoms. The maximum Gasteiger partial charge on any atom is 0.222 e. The van der Waals surface area contributed by atoms with Crippen LogP contribution in [0.2, 0.25) is 0 Å². The normalized spacial score (nSPS) is 23.9. The average molecular weight is 370 g/mol. The molecule has 1 N–H and O–H groups in total. The Hall–Kier alpha value is -2.04. The summed E-state index contributed by atoms with van der Waals surface area (Å²) in [7, 11) is 0. The summed E-state index contributed by atoms with van der Waals surface area (Å²) in [6, 6.07) is 8.53. The molecule has 1 saturated carbocycles. The van der Waals surface area contributed by atoms with Gasteiger partial charge in [0.2, 0.25) is 11.8 Å². The molecule has 1 saturated heterocycles. The van der Waals surface area contributed by atoms with E-state index in [9.17, 15) is 9.59 Å². The topological polar surface area (TPSA) is 58.6 Å². The Morgan fingerprint density at radius 1 is 1.22 bits per heavy atom. The molecule has 146 valence electrons. The second kappa shape index (κ2) is 7.53. The number of para-hydroxylation sites is 1. The van der Waals surface area contributed by atoms with Crippen molar-refractivity contribution in [1.82, 2.24) is 10.2 Å². The molecule has 0 bridgehead atoms. The molecule has 2 aliphatic heterocycles. The van der Waals surface area contributed by atoms with Gasteiger partial charge in [-0.05, 0) is 37.3 Å². The summed E-state index contributed by atoms with van der Waals surface area (Å²) in [4.78, 5) is 26.5. The molecule has 0 aromatic heterocycles. The number of hydrogen-bond donors (Lipinski definition) is 1. The molecule has 1 aromatic rings. The number of rotatable bonds is 4. The maximum absolute atomic E-state index is 12.6. The van der Waals surface area contributed by atoms with Gasteiger partial charge in [-0.1, -0.05) is 25.1 Å². The lowest BCUT2D eigenvalue weighted by molar-refractivity contribution is -0.135. The largest absolute Gasteiger partial charge is 0.487 e. The van der Waals surface area contributed by atoms with Crippen molar-refractivity contribution in [1.29, 1.82) is 0 Å². The molecule has 2 heterocycles. The summed E-state index contributed by atoms with van der Waals surface area (Å²) < 4.78 is 6.48. The maximum atomic E-state index is 12.6. The van der Waals surface area contributed by atoms with Crippen molar-refractivity contribution in [3.63, 3.8) is 0 Å². The minimum Gasteiger partial charge on any atom is -0.487 e. The summed E-state index contributed by atoms with van der Waals surface area (Å²) in [5.74, 6) is 1.48. The summed E-state index contributed by atoms with van der Waals surface area (Å²) in [6.45, 7) is 3.41. The van der Waals surface area contributed by atoms with Crippen molar-refractivity contribution in [2.45, 2.75) is 75.9 Å². The second-order valence-electron chi connectivity index (χ2n) is 8.36. The Kier molecular flexibility index (Phi) is 5.11. The molecular formula is C22H30N2O3. The first kappa shape index (κ1) is 18.3. The Balaban J connectivity index is 1.48. The van der Waals surface area contributed by atoms with Crippen LogP contribution in [0.3, 0.4) is 0 Å². The molecule has 1 atom stereocenters. The van der Waals surface area contributed by atoms with Crippen molar-refractivity contribution in [3.8, 4) is 5.75 Å². The number of likely N-dealkylation sites (tertiary alicyclic amines) is 1. The number of carbonyl (C=O) groups excluding carboxylic acids is 2. The number of ether oxygens (including phenoxy) is 1. The van der Waals surface area contributed by atoms with E-state index in [0.717, 1.165) is 56.5 Å². The molecular weight excluding hydrogens is 340 g/mol. The highest BCUT2D eigenvalue weighted by molar-refractivity contribution is 5.77. The standard InChI is InChI=1S/C22H30N2O3/c1-2-21(26)24-12-10-22(11-13-24)15-16(14-20(25)23-17-6-5-7-17)18-8-3-4-9-19(18)27-22/h3-4,8-9,16-17H,2,5-7,10-15H2,1H3,(H,23,25)/t16-/m1/s1. The zero-order valence-electron chi connectivity index (χ0n) is 16.2. The number of hydrogen-bond acceptors (Lipinski definition) is 3. The molecule has 5 nitrogen and oxygen atoms in total. The number of nitrogens with zero attached hydrogens (tertiary/aromatic N) is 1. The first-order chi connectivity index (χ1) is 13.1. The minimum absolute atomic E-state index is 0.162. The number of nitrogens with one attached hydrogen (secondary N) is 1. The molecule has 1 aliphatic carbocycles. The van der Waals surface area contributed by atoms with Gasteiger partial charge in [0, 0.05) is 50.7 Å². The quantitative estimate of drug-likeness (QED) is 0.884. The highest BCUT2D eigenvalue weighted by Crippen LogP contribution is 2.46. The zero-order chi connectivity index (χ0) is 18.9. The summed E-state index contributed by atoms with van der Waals surface area (Å²) in [5, 5.41) is 3.18. The number of piperidine rings is 1.